The summed E-state index contributed by atoms with van der Waals surface area (Å²) in [6.45, 7) is 2.70. The smallest absolute Gasteiger partial charge is 0.252 e. The highest BCUT2D eigenvalue weighted by molar-refractivity contribution is 7.91. The maximum Gasteiger partial charge on any atom is 0.252 e. The number of likely N-dealkylation sites (tertiary alicyclic amines) is 1. The lowest BCUT2D eigenvalue weighted by molar-refractivity contribution is -0.155. The number of rotatable bonds is 4. The predicted molar refractivity (Wildman–Crippen MR) is 101 cm³/mol. The van der Waals surface area contributed by atoms with Crippen molar-refractivity contribution in [2.75, 3.05) is 32.8 Å². The van der Waals surface area contributed by atoms with Crippen molar-refractivity contribution in [2.24, 2.45) is 5.92 Å². The zero-order chi connectivity index (χ0) is 18.9. The Labute approximate surface area is 164 Å². The average Bonchev–Trinajstić information content (AvgIpc) is 3.41. The van der Waals surface area contributed by atoms with Crippen molar-refractivity contribution in [3.63, 3.8) is 0 Å². The maximum atomic E-state index is 13.2. The summed E-state index contributed by atoms with van der Waals surface area (Å²) in [5, 5.41) is 1.77. The third-order valence-corrected chi connectivity index (χ3v) is 8.96. The van der Waals surface area contributed by atoms with Gasteiger partial charge in [0, 0.05) is 25.6 Å². The highest BCUT2D eigenvalue weighted by Crippen LogP contribution is 2.30. The van der Waals surface area contributed by atoms with Crippen LogP contribution in [0.4, 0.5) is 0 Å². The van der Waals surface area contributed by atoms with E-state index in [2.05, 4.69) is 0 Å². The summed E-state index contributed by atoms with van der Waals surface area (Å²) in [5.74, 6) is 0.00811. The average molecular weight is 415 g/mol. The Kier molecular flexibility index (Phi) is 5.84. The Hall–Kier alpha value is -1.00. The Morgan fingerprint density at radius 2 is 1.81 bits per heavy atom. The van der Waals surface area contributed by atoms with Gasteiger partial charge in [-0.1, -0.05) is 6.07 Å². The van der Waals surface area contributed by atoms with E-state index in [1.807, 2.05) is 4.90 Å². The summed E-state index contributed by atoms with van der Waals surface area (Å²) in [5.41, 5.74) is 0. The largest absolute Gasteiger partial charge is 0.348 e. The van der Waals surface area contributed by atoms with Gasteiger partial charge in [-0.15, -0.1) is 11.3 Å². The van der Waals surface area contributed by atoms with Crippen LogP contribution >= 0.6 is 11.3 Å². The molecule has 7 nitrogen and oxygen atoms in total. The number of piperidine rings is 2. The quantitative estimate of drug-likeness (QED) is 0.752. The molecule has 0 N–H and O–H groups in total. The molecule has 0 bridgehead atoms. The Morgan fingerprint density at radius 1 is 1.07 bits per heavy atom. The molecular formula is C18H26N2O5S2. The van der Waals surface area contributed by atoms with E-state index in [1.165, 1.54) is 15.6 Å². The molecule has 0 radical (unpaired) electrons. The molecule has 3 fully saturated rings. The number of amides is 1. The normalized spacial score (nSPS) is 26.5. The molecular weight excluding hydrogens is 388 g/mol. The Balaban J connectivity index is 1.39. The van der Waals surface area contributed by atoms with Gasteiger partial charge < -0.3 is 14.4 Å². The standard InChI is InChI=1S/C18H26N2O5S2/c21-17(20-8-2-1-4-15(20)18-24-11-12-25-18)14-6-9-19(10-7-14)27(22,23)16-5-3-13-26-16/h3,5,13-15,18H,1-2,4,6-12H2. The van der Waals surface area contributed by atoms with Crippen molar-refractivity contribution < 1.29 is 22.7 Å². The number of thiophene rings is 1. The van der Waals surface area contributed by atoms with Crippen molar-refractivity contribution in [1.29, 1.82) is 0 Å². The van der Waals surface area contributed by atoms with E-state index in [4.69, 9.17) is 9.47 Å². The van der Waals surface area contributed by atoms with Crippen molar-refractivity contribution in [3.05, 3.63) is 17.5 Å². The van der Waals surface area contributed by atoms with Crippen LogP contribution in [0.1, 0.15) is 32.1 Å². The van der Waals surface area contributed by atoms with Gasteiger partial charge in [0.1, 0.15) is 4.21 Å². The van der Waals surface area contributed by atoms with Crippen molar-refractivity contribution in [3.8, 4) is 0 Å². The van der Waals surface area contributed by atoms with Crippen LogP contribution in [-0.4, -0.2) is 68.7 Å². The third-order valence-electron chi connectivity index (χ3n) is 5.69. The SMILES string of the molecule is O=C(C1CCN(S(=O)(=O)c2cccs2)CC1)N1CCCCC1C1OCCO1. The van der Waals surface area contributed by atoms with E-state index >= 15 is 0 Å². The molecule has 0 saturated carbocycles. The fraction of sp³-hybridized carbons (Fsp3) is 0.722. The molecule has 1 atom stereocenters. The van der Waals surface area contributed by atoms with E-state index in [-0.39, 0.29) is 24.2 Å². The molecule has 0 aliphatic carbocycles. The van der Waals surface area contributed by atoms with Crippen LogP contribution in [0, 0.1) is 5.92 Å². The summed E-state index contributed by atoms with van der Waals surface area (Å²) < 4.78 is 38.5. The number of hydrogen-bond donors (Lipinski definition) is 0. The van der Waals surface area contributed by atoms with Gasteiger partial charge in [0.15, 0.2) is 6.29 Å². The van der Waals surface area contributed by atoms with Crippen LogP contribution in [0.3, 0.4) is 0 Å². The fourth-order valence-corrected chi connectivity index (χ4v) is 6.84. The summed E-state index contributed by atoms with van der Waals surface area (Å²) in [6, 6.07) is 3.37. The van der Waals surface area contributed by atoms with E-state index in [1.54, 1.807) is 17.5 Å². The molecule has 150 valence electrons. The molecule has 3 saturated heterocycles. The molecule has 1 aromatic heterocycles. The number of sulfonamides is 1. The first-order valence-electron chi connectivity index (χ1n) is 9.65. The van der Waals surface area contributed by atoms with Crippen LogP contribution in [-0.2, 0) is 24.3 Å². The maximum absolute atomic E-state index is 13.2. The molecule has 0 spiro atoms. The minimum atomic E-state index is -3.43. The van der Waals surface area contributed by atoms with Gasteiger partial charge in [-0.2, -0.15) is 4.31 Å². The van der Waals surface area contributed by atoms with Crippen LogP contribution < -0.4 is 0 Å². The number of ether oxygens (including phenoxy) is 2. The Morgan fingerprint density at radius 3 is 2.48 bits per heavy atom. The van der Waals surface area contributed by atoms with Gasteiger partial charge in [0.25, 0.3) is 10.0 Å². The molecule has 4 rings (SSSR count). The number of carbonyl (C=O) groups is 1. The topological polar surface area (TPSA) is 76.2 Å². The second-order valence-electron chi connectivity index (χ2n) is 7.32. The lowest BCUT2D eigenvalue weighted by Gasteiger charge is -2.41. The van der Waals surface area contributed by atoms with Crippen LogP contribution in [0.2, 0.25) is 0 Å². The van der Waals surface area contributed by atoms with Crippen LogP contribution in [0.15, 0.2) is 21.7 Å². The first kappa shape index (κ1) is 19.3. The zero-order valence-electron chi connectivity index (χ0n) is 15.3. The molecule has 1 amide bonds. The lowest BCUT2D eigenvalue weighted by atomic mass is 9.93. The highest BCUT2D eigenvalue weighted by Gasteiger charge is 2.40. The van der Waals surface area contributed by atoms with Gasteiger partial charge in [0.2, 0.25) is 5.91 Å². The summed E-state index contributed by atoms with van der Waals surface area (Å²) in [7, 11) is -3.43. The second-order valence-corrected chi connectivity index (χ2v) is 10.4. The summed E-state index contributed by atoms with van der Waals surface area (Å²) >= 11 is 1.24. The molecule has 9 heteroatoms. The van der Waals surface area contributed by atoms with Gasteiger partial charge in [-0.05, 0) is 43.6 Å². The summed E-state index contributed by atoms with van der Waals surface area (Å²) in [6.07, 6.45) is 3.81. The van der Waals surface area contributed by atoms with Gasteiger partial charge in [-0.25, -0.2) is 8.42 Å². The van der Waals surface area contributed by atoms with Crippen molar-refractivity contribution in [1.82, 2.24) is 9.21 Å². The number of carbonyl (C=O) groups excluding carboxylic acids is 1. The predicted octanol–water partition coefficient (Wildman–Crippen LogP) is 1.90. The molecule has 3 aliphatic rings. The van der Waals surface area contributed by atoms with E-state index < -0.39 is 10.0 Å². The van der Waals surface area contributed by atoms with Gasteiger partial charge in [0.05, 0.1) is 19.3 Å². The molecule has 4 heterocycles. The molecule has 3 aliphatic heterocycles. The van der Waals surface area contributed by atoms with Crippen LogP contribution in [0.25, 0.3) is 0 Å². The minimum absolute atomic E-state index is 0.0124. The first-order valence-corrected chi connectivity index (χ1v) is 12.0. The lowest BCUT2D eigenvalue weighted by Crippen LogP contribution is -2.53. The Bertz CT molecular complexity index is 738. The van der Waals surface area contributed by atoms with Crippen molar-refractivity contribution in [2.45, 2.75) is 48.6 Å². The number of nitrogens with zero attached hydrogens (tertiary/aromatic N) is 2. The number of hydrogen-bond acceptors (Lipinski definition) is 6. The summed E-state index contributed by atoms with van der Waals surface area (Å²) in [4.78, 5) is 15.1. The zero-order valence-corrected chi connectivity index (χ0v) is 16.9. The first-order chi connectivity index (χ1) is 13.1. The third kappa shape index (κ3) is 3.93. The second kappa shape index (κ2) is 8.16. The van der Waals surface area contributed by atoms with E-state index in [0.29, 0.717) is 43.4 Å². The molecule has 1 unspecified atom stereocenters. The molecule has 1 aromatic rings. The van der Waals surface area contributed by atoms with Gasteiger partial charge in [-0.3, -0.25) is 4.79 Å². The van der Waals surface area contributed by atoms with Crippen LogP contribution in [0.5, 0.6) is 0 Å². The monoisotopic (exact) mass is 414 g/mol. The highest BCUT2D eigenvalue weighted by atomic mass is 32.2. The van der Waals surface area contributed by atoms with E-state index in [9.17, 15) is 13.2 Å². The molecule has 27 heavy (non-hydrogen) atoms. The van der Waals surface area contributed by atoms with E-state index in [0.717, 1.165) is 25.8 Å². The van der Waals surface area contributed by atoms with Gasteiger partial charge >= 0.3 is 0 Å². The fourth-order valence-electron chi connectivity index (χ4n) is 4.23. The minimum Gasteiger partial charge on any atom is -0.348 e. The van der Waals surface area contributed by atoms with Crippen molar-refractivity contribution >= 4 is 27.3 Å². The molecule has 0 aromatic carbocycles.